The molecule has 56 heavy (non-hydrogen) atoms. The zero-order chi connectivity index (χ0) is 40.8. The van der Waals surface area contributed by atoms with Gasteiger partial charge in [-0.2, -0.15) is 0 Å². The summed E-state index contributed by atoms with van der Waals surface area (Å²) in [6.45, 7) is 6.59. The molecule has 0 saturated carbocycles. The number of carbonyl (C=O) groups excluding carboxylic acids is 3. The molecule has 0 saturated heterocycles. The molecule has 0 spiro atoms. The normalized spacial score (nSPS) is 12.1. The van der Waals surface area contributed by atoms with Crippen LogP contribution >= 0.6 is 0 Å². The number of ether oxygens (including phenoxy) is 3. The number of hydrogen-bond donors (Lipinski definition) is 0. The lowest BCUT2D eigenvalue weighted by molar-refractivity contribution is -0.167. The zero-order valence-electron chi connectivity index (χ0n) is 37.4. The Morgan fingerprint density at radius 2 is 0.589 bits per heavy atom. The molecule has 1 atom stereocenters. The molecule has 0 aromatic rings. The van der Waals surface area contributed by atoms with Crippen LogP contribution in [0, 0.1) is 0 Å². The predicted molar refractivity (Wildman–Crippen MR) is 238 cm³/mol. The summed E-state index contributed by atoms with van der Waals surface area (Å²) in [5, 5.41) is 0. The average molecular weight is 789 g/mol. The van der Waals surface area contributed by atoms with E-state index in [9.17, 15) is 14.4 Å². The Bertz CT molecular complexity index is 911. The summed E-state index contributed by atoms with van der Waals surface area (Å²) < 4.78 is 16.7. The third-order valence-corrected chi connectivity index (χ3v) is 10.7. The molecule has 0 radical (unpaired) electrons. The van der Waals surface area contributed by atoms with Gasteiger partial charge in [-0.1, -0.05) is 193 Å². The summed E-state index contributed by atoms with van der Waals surface area (Å²) in [5.41, 5.74) is 0. The van der Waals surface area contributed by atoms with Gasteiger partial charge in [-0.3, -0.25) is 14.4 Å². The maximum atomic E-state index is 12.7. The molecule has 0 amide bonds. The third kappa shape index (κ3) is 43.0. The Balaban J connectivity index is 4.30. The van der Waals surface area contributed by atoms with Crippen LogP contribution in [-0.2, 0) is 28.6 Å². The third-order valence-electron chi connectivity index (χ3n) is 10.7. The second-order valence-electron chi connectivity index (χ2n) is 16.4. The standard InChI is InChI=1S/C50H92O6/c1-4-7-10-13-16-19-21-23-24-25-26-27-29-31-34-37-40-43-49(52)55-46-47(45-54-48(51)42-39-36-33-30-18-15-12-9-6-3)56-50(53)44-41-38-35-32-28-22-20-17-14-11-8-5-2/h17,20,23-24,47H,4-16,18-19,21-22,25-46H2,1-3H3/b20-17-,24-23-. The fraction of sp³-hybridized carbons (Fsp3) is 0.860. The maximum Gasteiger partial charge on any atom is 0.306 e. The second-order valence-corrected chi connectivity index (χ2v) is 16.4. The molecule has 0 aromatic carbocycles. The van der Waals surface area contributed by atoms with Crippen molar-refractivity contribution in [3.05, 3.63) is 24.3 Å². The van der Waals surface area contributed by atoms with Gasteiger partial charge in [0.25, 0.3) is 0 Å². The van der Waals surface area contributed by atoms with Crippen molar-refractivity contribution in [1.82, 2.24) is 0 Å². The number of esters is 3. The SMILES string of the molecule is CCCCC/C=C\CCCCCCCC(=O)OC(COC(=O)CCCCCCCCC/C=C\CCCCCCCC)COC(=O)CCCCCCCCCCC. The Labute approximate surface area is 347 Å². The average Bonchev–Trinajstić information content (AvgIpc) is 3.19. The number of carbonyl (C=O) groups is 3. The van der Waals surface area contributed by atoms with Gasteiger partial charge in [-0.05, 0) is 70.6 Å². The van der Waals surface area contributed by atoms with Crippen LogP contribution in [0.3, 0.4) is 0 Å². The van der Waals surface area contributed by atoms with Gasteiger partial charge in [0.15, 0.2) is 6.10 Å². The molecule has 0 rings (SSSR count). The summed E-state index contributed by atoms with van der Waals surface area (Å²) in [6, 6.07) is 0. The van der Waals surface area contributed by atoms with Crippen LogP contribution in [0.5, 0.6) is 0 Å². The summed E-state index contributed by atoms with van der Waals surface area (Å²) >= 11 is 0. The molecule has 0 fully saturated rings. The lowest BCUT2D eigenvalue weighted by Gasteiger charge is -2.18. The highest BCUT2D eigenvalue weighted by Crippen LogP contribution is 2.14. The number of allylic oxidation sites excluding steroid dienone is 4. The first-order valence-corrected chi connectivity index (χ1v) is 24.3. The van der Waals surface area contributed by atoms with Crippen LogP contribution in [0.25, 0.3) is 0 Å². The lowest BCUT2D eigenvalue weighted by Crippen LogP contribution is -2.30. The molecule has 0 aromatic heterocycles. The predicted octanol–water partition coefficient (Wildman–Crippen LogP) is 15.6. The van der Waals surface area contributed by atoms with E-state index in [4.69, 9.17) is 14.2 Å². The minimum absolute atomic E-state index is 0.0733. The van der Waals surface area contributed by atoms with Crippen LogP contribution in [0.1, 0.15) is 258 Å². The number of unbranched alkanes of at least 4 members (excludes halogenated alkanes) is 29. The smallest absolute Gasteiger partial charge is 0.306 e. The van der Waals surface area contributed by atoms with Gasteiger partial charge in [0.05, 0.1) is 0 Å². The van der Waals surface area contributed by atoms with E-state index >= 15 is 0 Å². The van der Waals surface area contributed by atoms with Crippen LogP contribution in [0.15, 0.2) is 24.3 Å². The molecular weight excluding hydrogens is 697 g/mol. The zero-order valence-corrected chi connectivity index (χ0v) is 37.4. The van der Waals surface area contributed by atoms with E-state index in [1.54, 1.807) is 0 Å². The van der Waals surface area contributed by atoms with E-state index in [0.29, 0.717) is 19.3 Å². The highest BCUT2D eigenvalue weighted by Gasteiger charge is 2.19. The minimum atomic E-state index is -0.770. The van der Waals surface area contributed by atoms with Gasteiger partial charge < -0.3 is 14.2 Å². The van der Waals surface area contributed by atoms with Gasteiger partial charge in [0.1, 0.15) is 13.2 Å². The van der Waals surface area contributed by atoms with Gasteiger partial charge in [0.2, 0.25) is 0 Å². The van der Waals surface area contributed by atoms with Crippen LogP contribution in [0.4, 0.5) is 0 Å². The molecule has 0 heterocycles. The van der Waals surface area contributed by atoms with Crippen molar-refractivity contribution in [2.75, 3.05) is 13.2 Å². The topological polar surface area (TPSA) is 78.9 Å². The van der Waals surface area contributed by atoms with Crippen molar-refractivity contribution in [2.45, 2.75) is 264 Å². The summed E-state index contributed by atoms with van der Waals surface area (Å²) in [6.07, 6.45) is 50.2. The minimum Gasteiger partial charge on any atom is -0.462 e. The summed E-state index contributed by atoms with van der Waals surface area (Å²) in [7, 11) is 0. The van der Waals surface area contributed by atoms with E-state index in [1.165, 1.54) is 154 Å². The maximum absolute atomic E-state index is 12.7. The van der Waals surface area contributed by atoms with Crippen molar-refractivity contribution in [2.24, 2.45) is 0 Å². The Morgan fingerprint density at radius 3 is 0.929 bits per heavy atom. The van der Waals surface area contributed by atoms with E-state index < -0.39 is 6.10 Å². The number of rotatable bonds is 44. The van der Waals surface area contributed by atoms with E-state index in [1.807, 2.05) is 0 Å². The number of hydrogen-bond acceptors (Lipinski definition) is 6. The molecule has 0 aliphatic carbocycles. The van der Waals surface area contributed by atoms with Crippen molar-refractivity contribution >= 4 is 17.9 Å². The van der Waals surface area contributed by atoms with E-state index in [2.05, 4.69) is 45.1 Å². The van der Waals surface area contributed by atoms with E-state index in [0.717, 1.165) is 64.2 Å². The van der Waals surface area contributed by atoms with Gasteiger partial charge in [-0.25, -0.2) is 0 Å². The molecule has 0 N–H and O–H groups in total. The van der Waals surface area contributed by atoms with E-state index in [-0.39, 0.29) is 31.1 Å². The van der Waals surface area contributed by atoms with Crippen LogP contribution in [-0.4, -0.2) is 37.2 Å². The largest absolute Gasteiger partial charge is 0.462 e. The van der Waals surface area contributed by atoms with Crippen molar-refractivity contribution in [3.63, 3.8) is 0 Å². The monoisotopic (exact) mass is 789 g/mol. The van der Waals surface area contributed by atoms with Gasteiger partial charge >= 0.3 is 17.9 Å². The van der Waals surface area contributed by atoms with Crippen molar-refractivity contribution < 1.29 is 28.6 Å². The highest BCUT2D eigenvalue weighted by molar-refractivity contribution is 5.71. The van der Waals surface area contributed by atoms with Crippen LogP contribution < -0.4 is 0 Å². The lowest BCUT2D eigenvalue weighted by atomic mass is 10.1. The van der Waals surface area contributed by atoms with Crippen LogP contribution in [0.2, 0.25) is 0 Å². The Hall–Kier alpha value is -2.11. The molecule has 328 valence electrons. The summed E-state index contributed by atoms with van der Waals surface area (Å²) in [5.74, 6) is -0.882. The first-order chi connectivity index (χ1) is 27.5. The second kappa shape index (κ2) is 45.6. The molecule has 6 heteroatoms. The fourth-order valence-corrected chi connectivity index (χ4v) is 6.96. The Kier molecular flexibility index (Phi) is 43.9. The Morgan fingerprint density at radius 1 is 0.339 bits per heavy atom. The highest BCUT2D eigenvalue weighted by atomic mass is 16.6. The van der Waals surface area contributed by atoms with Crippen molar-refractivity contribution in [3.8, 4) is 0 Å². The van der Waals surface area contributed by atoms with Crippen molar-refractivity contribution in [1.29, 1.82) is 0 Å². The molecular formula is C50H92O6. The summed E-state index contributed by atoms with van der Waals surface area (Å²) in [4.78, 5) is 37.7. The van der Waals surface area contributed by atoms with Gasteiger partial charge in [0, 0.05) is 19.3 Å². The molecule has 0 bridgehead atoms. The molecule has 1 unspecified atom stereocenters. The first kappa shape index (κ1) is 53.9. The fourth-order valence-electron chi connectivity index (χ4n) is 6.96. The molecule has 0 aliphatic rings. The quantitative estimate of drug-likeness (QED) is 0.0265. The van der Waals surface area contributed by atoms with Gasteiger partial charge in [-0.15, -0.1) is 0 Å². The first-order valence-electron chi connectivity index (χ1n) is 24.3. The molecule has 0 aliphatic heterocycles. The molecule has 6 nitrogen and oxygen atoms in total.